The van der Waals surface area contributed by atoms with Crippen LogP contribution in [-0.4, -0.2) is 57.9 Å². The van der Waals surface area contributed by atoms with Crippen LogP contribution in [0.1, 0.15) is 43.0 Å². The van der Waals surface area contributed by atoms with E-state index in [1.54, 1.807) is 30.5 Å². The molecule has 0 spiro atoms. The summed E-state index contributed by atoms with van der Waals surface area (Å²) in [7, 11) is -1.05. The van der Waals surface area contributed by atoms with Gasteiger partial charge in [0.1, 0.15) is 5.82 Å². The molecule has 0 aromatic heterocycles. The van der Waals surface area contributed by atoms with E-state index in [1.807, 2.05) is 17.0 Å². The van der Waals surface area contributed by atoms with Crippen molar-refractivity contribution < 1.29 is 13.4 Å². The Morgan fingerprint density at radius 3 is 2.40 bits per heavy atom. The summed E-state index contributed by atoms with van der Waals surface area (Å²) in [6, 6.07) is 12.8. The van der Waals surface area contributed by atoms with E-state index < -0.39 is 16.6 Å². The van der Waals surface area contributed by atoms with Crippen LogP contribution < -0.4 is 0 Å². The molecule has 30 heavy (non-hydrogen) atoms. The minimum atomic E-state index is -1.05. The lowest BCUT2D eigenvalue weighted by Crippen LogP contribution is -2.44. The number of hydrogen-bond donors (Lipinski definition) is 0. The second-order valence-electron chi connectivity index (χ2n) is 8.45. The molecule has 0 saturated carbocycles. The van der Waals surface area contributed by atoms with Crippen LogP contribution in [0.4, 0.5) is 4.39 Å². The summed E-state index contributed by atoms with van der Waals surface area (Å²) in [6.07, 6.45) is 6.02. The van der Waals surface area contributed by atoms with Crippen molar-refractivity contribution in [2.75, 3.05) is 25.9 Å². The minimum Gasteiger partial charge on any atom is -0.334 e. The summed E-state index contributed by atoms with van der Waals surface area (Å²) in [4.78, 5) is 18.2. The number of benzene rings is 2. The number of carbonyl (C=O) groups excluding carboxylic acids is 1. The molecule has 0 bridgehead atoms. The number of likely N-dealkylation sites (tertiary alicyclic amines) is 2. The fourth-order valence-corrected chi connectivity index (χ4v) is 5.21. The quantitative estimate of drug-likeness (QED) is 0.712. The van der Waals surface area contributed by atoms with Crippen LogP contribution in [0.3, 0.4) is 0 Å². The average molecular weight is 429 g/mol. The van der Waals surface area contributed by atoms with Gasteiger partial charge in [-0.1, -0.05) is 18.2 Å². The van der Waals surface area contributed by atoms with Crippen LogP contribution in [-0.2, 0) is 10.8 Å². The van der Waals surface area contributed by atoms with Crippen LogP contribution in [0, 0.1) is 5.82 Å². The van der Waals surface area contributed by atoms with E-state index in [4.69, 9.17) is 0 Å². The van der Waals surface area contributed by atoms with Gasteiger partial charge in [0.2, 0.25) is 0 Å². The van der Waals surface area contributed by atoms with Crippen molar-refractivity contribution in [2.45, 2.75) is 49.6 Å². The summed E-state index contributed by atoms with van der Waals surface area (Å²) in [5, 5.41) is 0. The number of hydrogen-bond acceptors (Lipinski definition) is 3. The Morgan fingerprint density at radius 1 is 1.07 bits per heavy atom. The van der Waals surface area contributed by atoms with E-state index in [1.165, 1.54) is 18.9 Å². The summed E-state index contributed by atoms with van der Waals surface area (Å²) >= 11 is 0. The van der Waals surface area contributed by atoms with Gasteiger partial charge in [-0.15, -0.1) is 0 Å². The van der Waals surface area contributed by atoms with Crippen LogP contribution >= 0.6 is 0 Å². The summed E-state index contributed by atoms with van der Waals surface area (Å²) in [5.74, 6) is -0.689. The first-order valence-corrected chi connectivity index (χ1v) is 12.3. The molecule has 2 saturated heterocycles. The number of carbonyl (C=O) groups is 1. The van der Waals surface area contributed by atoms with E-state index in [-0.39, 0.29) is 17.5 Å². The second kappa shape index (κ2) is 8.98. The SMILES string of the molecule is C[C@@H]1CCCN1C[C@@H]1CCCN1C(=O)c1ccc(-c2ccc(S(C)=O)cc2)cc1F. The molecule has 2 aliphatic rings. The van der Waals surface area contributed by atoms with Crippen LogP contribution in [0.25, 0.3) is 11.1 Å². The molecule has 0 N–H and O–H groups in total. The first kappa shape index (κ1) is 21.2. The van der Waals surface area contributed by atoms with Gasteiger partial charge >= 0.3 is 0 Å². The lowest BCUT2D eigenvalue weighted by atomic mass is 10.0. The number of nitrogens with zero attached hydrogens (tertiary/aromatic N) is 2. The molecule has 1 amide bonds. The van der Waals surface area contributed by atoms with Gasteiger partial charge in [0.25, 0.3) is 5.91 Å². The van der Waals surface area contributed by atoms with Gasteiger partial charge < -0.3 is 4.90 Å². The van der Waals surface area contributed by atoms with Crippen LogP contribution in [0.15, 0.2) is 47.4 Å². The van der Waals surface area contributed by atoms with Gasteiger partial charge in [0, 0.05) is 47.1 Å². The molecular formula is C24H29FN2O2S. The third kappa shape index (κ3) is 4.35. The van der Waals surface area contributed by atoms with E-state index in [0.717, 1.165) is 36.4 Å². The molecule has 0 radical (unpaired) electrons. The minimum absolute atomic E-state index is 0.145. The van der Waals surface area contributed by atoms with E-state index in [9.17, 15) is 13.4 Å². The lowest BCUT2D eigenvalue weighted by molar-refractivity contribution is 0.0692. The Bertz CT molecular complexity index is 947. The Morgan fingerprint density at radius 2 is 1.77 bits per heavy atom. The van der Waals surface area contributed by atoms with Gasteiger partial charge in [-0.3, -0.25) is 13.9 Å². The molecule has 2 aromatic rings. The van der Waals surface area contributed by atoms with Gasteiger partial charge in [-0.05, 0) is 74.5 Å². The van der Waals surface area contributed by atoms with E-state index >= 15 is 0 Å². The average Bonchev–Trinajstić information content (AvgIpc) is 3.37. The maximum Gasteiger partial charge on any atom is 0.257 e. The lowest BCUT2D eigenvalue weighted by Gasteiger charge is -2.31. The maximum atomic E-state index is 14.9. The molecular weight excluding hydrogens is 399 g/mol. The molecule has 4 rings (SSSR count). The molecule has 160 valence electrons. The van der Waals surface area contributed by atoms with Crippen molar-refractivity contribution >= 4 is 16.7 Å². The van der Waals surface area contributed by atoms with Gasteiger partial charge in [0.15, 0.2) is 0 Å². The molecule has 0 aliphatic carbocycles. The molecule has 2 fully saturated rings. The zero-order valence-electron chi connectivity index (χ0n) is 17.6. The molecule has 3 atom stereocenters. The highest BCUT2D eigenvalue weighted by Crippen LogP contribution is 2.27. The zero-order valence-corrected chi connectivity index (χ0v) is 18.5. The maximum absolute atomic E-state index is 14.9. The van der Waals surface area contributed by atoms with Gasteiger partial charge in [-0.25, -0.2) is 4.39 Å². The van der Waals surface area contributed by atoms with Crippen molar-refractivity contribution in [2.24, 2.45) is 0 Å². The van der Waals surface area contributed by atoms with Crippen LogP contribution in [0.2, 0.25) is 0 Å². The predicted octanol–water partition coefficient (Wildman–Crippen LogP) is 4.32. The van der Waals surface area contributed by atoms with Crippen molar-refractivity contribution in [1.82, 2.24) is 9.80 Å². The van der Waals surface area contributed by atoms with Crippen molar-refractivity contribution in [3.8, 4) is 11.1 Å². The molecule has 6 heteroatoms. The Kier molecular flexibility index (Phi) is 6.34. The molecule has 1 unspecified atom stereocenters. The summed E-state index contributed by atoms with van der Waals surface area (Å²) in [6.45, 7) is 4.92. The number of halogens is 1. The Labute approximate surface area is 180 Å². The first-order chi connectivity index (χ1) is 14.4. The smallest absolute Gasteiger partial charge is 0.257 e. The molecule has 2 aromatic carbocycles. The normalized spacial score (nSPS) is 23.1. The highest BCUT2D eigenvalue weighted by atomic mass is 32.2. The number of amides is 1. The third-order valence-corrected chi connectivity index (χ3v) is 7.43. The summed E-state index contributed by atoms with van der Waals surface area (Å²) in [5.41, 5.74) is 1.69. The highest BCUT2D eigenvalue weighted by molar-refractivity contribution is 7.84. The first-order valence-electron chi connectivity index (χ1n) is 10.7. The number of rotatable bonds is 5. The van der Waals surface area contributed by atoms with Gasteiger partial charge in [-0.2, -0.15) is 0 Å². The highest BCUT2D eigenvalue weighted by Gasteiger charge is 2.33. The van der Waals surface area contributed by atoms with Crippen molar-refractivity contribution in [3.05, 3.63) is 53.8 Å². The second-order valence-corrected chi connectivity index (χ2v) is 9.83. The fraction of sp³-hybridized carbons (Fsp3) is 0.458. The Balaban J connectivity index is 1.50. The third-order valence-electron chi connectivity index (χ3n) is 6.49. The van der Waals surface area contributed by atoms with Crippen molar-refractivity contribution in [3.63, 3.8) is 0 Å². The van der Waals surface area contributed by atoms with Gasteiger partial charge in [0.05, 0.1) is 5.56 Å². The zero-order chi connectivity index (χ0) is 21.3. The fourth-order valence-electron chi connectivity index (χ4n) is 4.69. The Hall–Kier alpha value is -2.05. The van der Waals surface area contributed by atoms with E-state index in [0.29, 0.717) is 18.2 Å². The van der Waals surface area contributed by atoms with Crippen molar-refractivity contribution in [1.29, 1.82) is 0 Å². The van der Waals surface area contributed by atoms with E-state index in [2.05, 4.69) is 11.8 Å². The molecule has 2 aliphatic heterocycles. The molecule has 2 heterocycles. The monoisotopic (exact) mass is 428 g/mol. The molecule has 4 nitrogen and oxygen atoms in total. The largest absolute Gasteiger partial charge is 0.334 e. The predicted molar refractivity (Wildman–Crippen MR) is 118 cm³/mol. The topological polar surface area (TPSA) is 40.6 Å². The summed E-state index contributed by atoms with van der Waals surface area (Å²) < 4.78 is 26.5. The van der Waals surface area contributed by atoms with Crippen LogP contribution in [0.5, 0.6) is 0 Å². The standard InChI is InChI=1S/C24H29FN2O2S/c1-17-5-3-13-26(17)16-20-6-4-14-27(20)24(28)22-12-9-19(15-23(22)25)18-7-10-21(11-8-18)30(2)29/h7-12,15,17,20H,3-6,13-14,16H2,1-2H3/t17-,20+,30?/m1/s1.